The third kappa shape index (κ3) is 4.38. The summed E-state index contributed by atoms with van der Waals surface area (Å²) in [5.74, 6) is 1.57. The summed E-state index contributed by atoms with van der Waals surface area (Å²) < 4.78 is 10.7. The van der Waals surface area contributed by atoms with E-state index in [4.69, 9.17) is 9.47 Å². The molecule has 5 rings (SSSR count). The van der Waals surface area contributed by atoms with E-state index in [0.717, 1.165) is 48.5 Å². The number of nitrogens with one attached hydrogen (secondary N) is 3. The number of rotatable bonds is 6. The van der Waals surface area contributed by atoms with E-state index in [-0.39, 0.29) is 5.91 Å². The number of hydrogen-bond donors (Lipinski definition) is 3. The minimum atomic E-state index is -0.220. The van der Waals surface area contributed by atoms with Crippen LogP contribution in [0, 0.1) is 0 Å². The first-order chi connectivity index (χ1) is 16.6. The molecule has 1 amide bonds. The Bertz CT molecular complexity index is 1290. The van der Waals surface area contributed by atoms with Crippen LogP contribution in [0.3, 0.4) is 0 Å². The monoisotopic (exact) mass is 458 g/mol. The molecule has 3 heterocycles. The number of hydrogen-bond acceptors (Lipinski definition) is 7. The van der Waals surface area contributed by atoms with E-state index in [9.17, 15) is 4.79 Å². The Morgan fingerprint density at radius 3 is 2.35 bits per heavy atom. The third-order valence-electron chi connectivity index (χ3n) is 5.91. The van der Waals surface area contributed by atoms with E-state index in [0.29, 0.717) is 28.5 Å². The number of piperazine rings is 1. The normalized spacial score (nSPS) is 13.6. The average Bonchev–Trinajstić information content (AvgIpc) is 3.30. The number of pyridine rings is 1. The van der Waals surface area contributed by atoms with Crippen LogP contribution in [0.4, 0.5) is 11.5 Å². The van der Waals surface area contributed by atoms with Crippen LogP contribution in [0.1, 0.15) is 10.4 Å². The van der Waals surface area contributed by atoms with E-state index < -0.39 is 0 Å². The van der Waals surface area contributed by atoms with Crippen molar-refractivity contribution in [1.29, 1.82) is 0 Å². The van der Waals surface area contributed by atoms with Crippen LogP contribution in [0.2, 0.25) is 0 Å². The minimum Gasteiger partial charge on any atom is -0.497 e. The summed E-state index contributed by atoms with van der Waals surface area (Å²) in [4.78, 5) is 19.8. The van der Waals surface area contributed by atoms with Gasteiger partial charge in [-0.1, -0.05) is 0 Å². The van der Waals surface area contributed by atoms with E-state index >= 15 is 0 Å². The van der Waals surface area contributed by atoms with Crippen LogP contribution in [0.15, 0.2) is 54.6 Å². The Balaban J connectivity index is 1.34. The molecule has 0 atom stereocenters. The summed E-state index contributed by atoms with van der Waals surface area (Å²) in [5, 5.41) is 14.1. The first kappa shape index (κ1) is 21.7. The lowest BCUT2D eigenvalue weighted by Gasteiger charge is -2.29. The molecule has 0 aliphatic carbocycles. The zero-order valence-electron chi connectivity index (χ0n) is 19.1. The molecule has 2 aromatic carbocycles. The van der Waals surface area contributed by atoms with Crippen LogP contribution in [0.25, 0.3) is 22.3 Å². The summed E-state index contributed by atoms with van der Waals surface area (Å²) >= 11 is 0. The molecule has 0 bridgehead atoms. The number of methoxy groups -OCH3 is 2. The summed E-state index contributed by atoms with van der Waals surface area (Å²) in [5.41, 5.74) is 3.85. The Hall–Kier alpha value is -4.11. The number of aromatic amines is 1. The zero-order chi connectivity index (χ0) is 23.5. The first-order valence-corrected chi connectivity index (χ1v) is 11.1. The van der Waals surface area contributed by atoms with Gasteiger partial charge in [0.15, 0.2) is 11.5 Å². The summed E-state index contributed by atoms with van der Waals surface area (Å²) in [6, 6.07) is 17.0. The molecule has 0 saturated carbocycles. The van der Waals surface area contributed by atoms with Crippen molar-refractivity contribution in [2.45, 2.75) is 0 Å². The molecule has 1 saturated heterocycles. The fraction of sp³-hybridized carbons (Fsp3) is 0.240. The number of benzene rings is 2. The minimum absolute atomic E-state index is 0.220. The average molecular weight is 459 g/mol. The highest BCUT2D eigenvalue weighted by Gasteiger charge is 2.15. The second-order valence-electron chi connectivity index (χ2n) is 8.00. The van der Waals surface area contributed by atoms with Gasteiger partial charge in [-0.25, -0.2) is 4.98 Å². The number of nitrogens with zero attached hydrogens (tertiary/aromatic N) is 3. The van der Waals surface area contributed by atoms with Crippen molar-refractivity contribution in [3.8, 4) is 22.8 Å². The number of carbonyl (C=O) groups excluding carboxylic acids is 1. The highest BCUT2D eigenvalue weighted by Crippen LogP contribution is 2.30. The maximum atomic E-state index is 12.8. The van der Waals surface area contributed by atoms with Gasteiger partial charge in [0.1, 0.15) is 11.5 Å². The quantitative estimate of drug-likeness (QED) is 0.407. The second-order valence-corrected chi connectivity index (χ2v) is 8.00. The molecular formula is C25H26N6O3. The van der Waals surface area contributed by atoms with Crippen LogP contribution in [0.5, 0.6) is 11.5 Å². The number of H-pyrrole nitrogens is 1. The molecule has 0 unspecified atom stereocenters. The van der Waals surface area contributed by atoms with Gasteiger partial charge in [-0.3, -0.25) is 9.89 Å². The molecule has 9 nitrogen and oxygen atoms in total. The van der Waals surface area contributed by atoms with Crippen LogP contribution < -0.4 is 25.0 Å². The maximum Gasteiger partial charge on any atom is 0.256 e. The van der Waals surface area contributed by atoms with E-state index in [1.807, 2.05) is 54.6 Å². The lowest BCUT2D eigenvalue weighted by molar-refractivity contribution is 0.102. The Morgan fingerprint density at radius 1 is 0.971 bits per heavy atom. The molecule has 2 aromatic heterocycles. The van der Waals surface area contributed by atoms with Gasteiger partial charge in [0.05, 0.1) is 25.3 Å². The van der Waals surface area contributed by atoms with Crippen molar-refractivity contribution in [2.24, 2.45) is 0 Å². The molecular weight excluding hydrogens is 432 g/mol. The largest absolute Gasteiger partial charge is 0.497 e. The highest BCUT2D eigenvalue weighted by molar-refractivity contribution is 6.07. The number of amides is 1. The summed E-state index contributed by atoms with van der Waals surface area (Å²) in [6.07, 6.45) is 0. The van der Waals surface area contributed by atoms with E-state index in [1.54, 1.807) is 14.2 Å². The fourth-order valence-electron chi connectivity index (χ4n) is 4.04. The Kier molecular flexibility index (Phi) is 6.01. The van der Waals surface area contributed by atoms with Crippen molar-refractivity contribution in [3.63, 3.8) is 0 Å². The molecule has 0 spiro atoms. The van der Waals surface area contributed by atoms with Gasteiger partial charge in [-0.2, -0.15) is 5.10 Å². The molecule has 1 aliphatic heterocycles. The molecule has 174 valence electrons. The molecule has 0 radical (unpaired) electrons. The standard InChI is InChI=1S/C25H26N6O3/c1-33-19-13-17(14-20(15-19)34-2)22-8-7-21-23(27-22)29-30-24(21)28-25(32)16-3-5-18(6-4-16)31-11-9-26-10-12-31/h3-8,13-15,26H,9-12H2,1-2H3,(H2,27,28,29,30,32). The van der Waals surface area contributed by atoms with Gasteiger partial charge in [0.25, 0.3) is 5.91 Å². The SMILES string of the molecule is COc1cc(OC)cc(-c2ccc3c(NC(=O)c4ccc(N5CCNCC5)cc4)n[nH]c3n2)c1. The zero-order valence-corrected chi connectivity index (χ0v) is 19.1. The smallest absolute Gasteiger partial charge is 0.256 e. The van der Waals surface area contributed by atoms with E-state index in [1.165, 1.54) is 0 Å². The van der Waals surface area contributed by atoms with Crippen LogP contribution >= 0.6 is 0 Å². The molecule has 3 N–H and O–H groups in total. The predicted molar refractivity (Wildman–Crippen MR) is 132 cm³/mol. The number of anilines is 2. The molecule has 1 fully saturated rings. The van der Waals surface area contributed by atoms with Crippen LogP contribution in [-0.4, -0.2) is 61.5 Å². The number of fused-ring (bicyclic) bond motifs is 1. The van der Waals surface area contributed by atoms with Crippen LogP contribution in [-0.2, 0) is 0 Å². The highest BCUT2D eigenvalue weighted by atomic mass is 16.5. The topological polar surface area (TPSA) is 104 Å². The lowest BCUT2D eigenvalue weighted by Crippen LogP contribution is -2.43. The van der Waals surface area contributed by atoms with Gasteiger partial charge in [-0.05, 0) is 48.5 Å². The summed E-state index contributed by atoms with van der Waals surface area (Å²) in [7, 11) is 3.22. The fourth-order valence-corrected chi connectivity index (χ4v) is 4.04. The molecule has 9 heteroatoms. The molecule has 1 aliphatic rings. The first-order valence-electron chi connectivity index (χ1n) is 11.1. The molecule has 34 heavy (non-hydrogen) atoms. The van der Waals surface area contributed by atoms with Crippen molar-refractivity contribution in [1.82, 2.24) is 20.5 Å². The van der Waals surface area contributed by atoms with Crippen molar-refractivity contribution < 1.29 is 14.3 Å². The Morgan fingerprint density at radius 2 is 1.68 bits per heavy atom. The van der Waals surface area contributed by atoms with Gasteiger partial charge in [0.2, 0.25) is 0 Å². The lowest BCUT2D eigenvalue weighted by atomic mass is 10.1. The number of ether oxygens (including phenoxy) is 2. The predicted octanol–water partition coefficient (Wildman–Crippen LogP) is 3.30. The number of carbonyl (C=O) groups is 1. The van der Waals surface area contributed by atoms with Crippen molar-refractivity contribution in [2.75, 3.05) is 50.6 Å². The van der Waals surface area contributed by atoms with Crippen molar-refractivity contribution >= 4 is 28.4 Å². The summed E-state index contributed by atoms with van der Waals surface area (Å²) in [6.45, 7) is 3.86. The van der Waals surface area contributed by atoms with Gasteiger partial charge in [0, 0.05) is 49.1 Å². The Labute approximate surface area is 197 Å². The van der Waals surface area contributed by atoms with Gasteiger partial charge < -0.3 is 25.0 Å². The van der Waals surface area contributed by atoms with E-state index in [2.05, 4.69) is 30.7 Å². The third-order valence-corrected chi connectivity index (χ3v) is 5.91. The maximum absolute atomic E-state index is 12.8. The van der Waals surface area contributed by atoms with Gasteiger partial charge >= 0.3 is 0 Å². The van der Waals surface area contributed by atoms with Gasteiger partial charge in [-0.15, -0.1) is 0 Å². The molecule has 4 aromatic rings. The number of aromatic nitrogens is 3. The van der Waals surface area contributed by atoms with Crippen molar-refractivity contribution in [3.05, 3.63) is 60.2 Å². The second kappa shape index (κ2) is 9.40.